The Morgan fingerprint density at radius 1 is 1.32 bits per heavy atom. The number of hydrogen-bond acceptors (Lipinski definition) is 7. The van der Waals surface area contributed by atoms with Crippen molar-refractivity contribution in [1.82, 2.24) is 5.16 Å². The van der Waals surface area contributed by atoms with Gasteiger partial charge in [0.25, 0.3) is 0 Å². The van der Waals surface area contributed by atoms with E-state index in [1.165, 1.54) is 6.07 Å². The molecule has 0 radical (unpaired) electrons. The quantitative estimate of drug-likeness (QED) is 0.620. The second kappa shape index (κ2) is 6.07. The van der Waals surface area contributed by atoms with Gasteiger partial charge >= 0.3 is 0 Å². The summed E-state index contributed by atoms with van der Waals surface area (Å²) in [5.74, 6) is -0.421. The predicted molar refractivity (Wildman–Crippen MR) is 81.8 cm³/mol. The molecule has 7 heteroatoms. The number of rotatable bonds is 5. The summed E-state index contributed by atoms with van der Waals surface area (Å²) in [5, 5.41) is 23.5. The van der Waals surface area contributed by atoms with E-state index < -0.39 is 0 Å². The van der Waals surface area contributed by atoms with Crippen molar-refractivity contribution in [3.63, 3.8) is 0 Å². The van der Waals surface area contributed by atoms with Gasteiger partial charge in [-0.2, -0.15) is 0 Å². The minimum Gasteiger partial charge on any atom is -0.508 e. The lowest BCUT2D eigenvalue weighted by Crippen LogP contribution is -2.10. The Balaban J connectivity index is 2.53. The maximum atomic E-state index is 11.8. The number of nitrogens with two attached hydrogens (primary N) is 2. The third kappa shape index (κ3) is 2.75. The molecule has 2 aromatic rings. The number of nitrogen functional groups attached to an aromatic ring is 1. The van der Waals surface area contributed by atoms with Crippen LogP contribution in [0.15, 0.2) is 16.7 Å². The monoisotopic (exact) mass is 305 g/mol. The number of carbonyl (C=O) groups is 1. The number of aromatic nitrogens is 1. The summed E-state index contributed by atoms with van der Waals surface area (Å²) in [6.07, 6.45) is 0.106. The molecule has 0 fully saturated rings. The summed E-state index contributed by atoms with van der Waals surface area (Å²) in [6.45, 7) is 3.98. The van der Waals surface area contributed by atoms with Crippen molar-refractivity contribution >= 4 is 11.5 Å². The first-order valence-electron chi connectivity index (χ1n) is 6.91. The number of nitrogens with zero attached hydrogens (tertiary/aromatic N) is 1. The Bertz CT molecular complexity index is 707. The van der Waals surface area contributed by atoms with Crippen LogP contribution in [0.1, 0.15) is 42.2 Å². The largest absolute Gasteiger partial charge is 0.508 e. The third-order valence-corrected chi connectivity index (χ3v) is 3.38. The van der Waals surface area contributed by atoms with Gasteiger partial charge in [0.15, 0.2) is 17.2 Å². The molecular formula is C15H19N3O4. The molecule has 0 unspecified atom stereocenters. The standard InChI is InChI=1S/C15H19N3O4/c1-7(2)8-5-9(12(21)6-11(8)20)15-13(17)14(18-22-15)10(19)3-4-16/h5-7,20-21H,3-4,16-17H2,1-2H3. The molecule has 0 aliphatic heterocycles. The van der Waals surface area contributed by atoms with Crippen LogP contribution in [0.5, 0.6) is 11.5 Å². The number of carbonyl (C=O) groups excluding carboxylic acids is 1. The van der Waals surface area contributed by atoms with Crippen LogP contribution in [-0.2, 0) is 0 Å². The smallest absolute Gasteiger partial charge is 0.194 e. The van der Waals surface area contributed by atoms with Crippen LogP contribution in [-0.4, -0.2) is 27.7 Å². The summed E-state index contributed by atoms with van der Waals surface area (Å²) < 4.78 is 5.13. The van der Waals surface area contributed by atoms with Gasteiger partial charge in [-0.15, -0.1) is 0 Å². The zero-order valence-electron chi connectivity index (χ0n) is 12.5. The Morgan fingerprint density at radius 3 is 2.59 bits per heavy atom. The third-order valence-electron chi connectivity index (χ3n) is 3.38. The van der Waals surface area contributed by atoms with Crippen LogP contribution in [0.25, 0.3) is 11.3 Å². The fraction of sp³-hybridized carbons (Fsp3) is 0.333. The molecule has 0 saturated heterocycles. The lowest BCUT2D eigenvalue weighted by molar-refractivity contribution is 0.0977. The Labute approximate surface area is 127 Å². The van der Waals surface area contributed by atoms with Crippen molar-refractivity contribution in [2.24, 2.45) is 5.73 Å². The first kappa shape index (κ1) is 15.8. The maximum Gasteiger partial charge on any atom is 0.194 e. The number of phenols is 2. The van der Waals surface area contributed by atoms with Gasteiger partial charge in [0.05, 0.1) is 5.56 Å². The van der Waals surface area contributed by atoms with E-state index in [4.69, 9.17) is 16.0 Å². The number of Topliss-reactive ketones (excluding diaryl/α,β-unsaturated/α-hetero) is 1. The topological polar surface area (TPSA) is 136 Å². The lowest BCUT2D eigenvalue weighted by atomic mass is 9.97. The average Bonchev–Trinajstić information content (AvgIpc) is 2.80. The summed E-state index contributed by atoms with van der Waals surface area (Å²) in [4.78, 5) is 11.8. The molecule has 0 spiro atoms. The minimum absolute atomic E-state index is 0.000906. The van der Waals surface area contributed by atoms with E-state index in [9.17, 15) is 15.0 Å². The van der Waals surface area contributed by atoms with Crippen molar-refractivity contribution in [1.29, 1.82) is 0 Å². The number of aromatic hydroxyl groups is 2. The Kier molecular flexibility index (Phi) is 4.37. The number of ketones is 1. The van der Waals surface area contributed by atoms with Gasteiger partial charge in [-0.3, -0.25) is 4.79 Å². The molecule has 1 aromatic heterocycles. The molecule has 1 aromatic carbocycles. The molecule has 1 heterocycles. The Morgan fingerprint density at radius 2 is 2.00 bits per heavy atom. The molecule has 6 N–H and O–H groups in total. The van der Waals surface area contributed by atoms with E-state index in [1.54, 1.807) is 6.07 Å². The molecule has 7 nitrogen and oxygen atoms in total. The van der Waals surface area contributed by atoms with Crippen LogP contribution < -0.4 is 11.5 Å². The number of phenolic OH excluding ortho intramolecular Hbond substituents is 2. The van der Waals surface area contributed by atoms with E-state index in [1.807, 2.05) is 13.8 Å². The van der Waals surface area contributed by atoms with E-state index in [-0.39, 0.29) is 58.9 Å². The van der Waals surface area contributed by atoms with Gasteiger partial charge in [-0.25, -0.2) is 0 Å². The van der Waals surface area contributed by atoms with Crippen molar-refractivity contribution in [2.45, 2.75) is 26.2 Å². The average molecular weight is 305 g/mol. The summed E-state index contributed by atoms with van der Waals surface area (Å²) in [6, 6.07) is 2.79. The van der Waals surface area contributed by atoms with Crippen molar-refractivity contribution < 1.29 is 19.5 Å². The second-order valence-corrected chi connectivity index (χ2v) is 5.32. The highest BCUT2D eigenvalue weighted by molar-refractivity contribution is 6.01. The van der Waals surface area contributed by atoms with Crippen LogP contribution in [0, 0.1) is 0 Å². The molecule has 118 valence electrons. The van der Waals surface area contributed by atoms with Crippen LogP contribution in [0.4, 0.5) is 5.69 Å². The fourth-order valence-electron chi connectivity index (χ4n) is 2.18. The second-order valence-electron chi connectivity index (χ2n) is 5.32. The van der Waals surface area contributed by atoms with Crippen molar-refractivity contribution in [2.75, 3.05) is 12.3 Å². The molecule has 0 bridgehead atoms. The summed E-state index contributed by atoms with van der Waals surface area (Å²) in [5.41, 5.74) is 12.2. The molecule has 0 aliphatic rings. The molecule has 0 saturated carbocycles. The molecule has 0 aliphatic carbocycles. The SMILES string of the molecule is CC(C)c1cc(-c2onc(C(=O)CCN)c2N)c(O)cc1O. The number of benzene rings is 1. The minimum atomic E-state index is -0.322. The van der Waals surface area contributed by atoms with E-state index >= 15 is 0 Å². The first-order chi connectivity index (χ1) is 10.4. The highest BCUT2D eigenvalue weighted by Crippen LogP contribution is 2.40. The molecular weight excluding hydrogens is 286 g/mol. The normalized spacial score (nSPS) is 11.1. The zero-order chi connectivity index (χ0) is 16.4. The molecule has 2 rings (SSSR count). The van der Waals surface area contributed by atoms with Gasteiger partial charge in [-0.05, 0) is 24.1 Å². The van der Waals surface area contributed by atoms with Crippen molar-refractivity contribution in [3.05, 3.63) is 23.4 Å². The van der Waals surface area contributed by atoms with Crippen LogP contribution in [0.2, 0.25) is 0 Å². The maximum absolute atomic E-state index is 11.8. The van der Waals surface area contributed by atoms with Gasteiger partial charge in [-0.1, -0.05) is 19.0 Å². The fourth-order valence-corrected chi connectivity index (χ4v) is 2.18. The first-order valence-corrected chi connectivity index (χ1v) is 6.91. The van der Waals surface area contributed by atoms with Crippen LogP contribution in [0.3, 0.4) is 0 Å². The highest BCUT2D eigenvalue weighted by Gasteiger charge is 2.23. The lowest BCUT2D eigenvalue weighted by Gasteiger charge is -2.11. The summed E-state index contributed by atoms with van der Waals surface area (Å²) >= 11 is 0. The van der Waals surface area contributed by atoms with E-state index in [2.05, 4.69) is 5.16 Å². The number of anilines is 1. The highest BCUT2D eigenvalue weighted by atomic mass is 16.5. The molecule has 22 heavy (non-hydrogen) atoms. The van der Waals surface area contributed by atoms with E-state index in [0.717, 1.165) is 0 Å². The Hall–Kier alpha value is -2.54. The number of hydrogen-bond donors (Lipinski definition) is 4. The van der Waals surface area contributed by atoms with E-state index in [0.29, 0.717) is 5.56 Å². The van der Waals surface area contributed by atoms with Gasteiger partial charge in [0, 0.05) is 12.5 Å². The van der Waals surface area contributed by atoms with Crippen molar-refractivity contribution in [3.8, 4) is 22.8 Å². The zero-order valence-corrected chi connectivity index (χ0v) is 12.5. The van der Waals surface area contributed by atoms with Crippen LogP contribution >= 0.6 is 0 Å². The van der Waals surface area contributed by atoms with Gasteiger partial charge < -0.3 is 26.2 Å². The molecule has 0 amide bonds. The van der Waals surface area contributed by atoms with Gasteiger partial charge in [0.2, 0.25) is 0 Å². The van der Waals surface area contributed by atoms with Gasteiger partial charge in [0.1, 0.15) is 17.2 Å². The predicted octanol–water partition coefficient (Wildman–Crippen LogP) is 1.99. The molecule has 0 atom stereocenters. The summed E-state index contributed by atoms with van der Waals surface area (Å²) in [7, 11) is 0.